The molecule has 5 nitrogen and oxygen atoms in total. The maximum atomic E-state index is 14.1. The molecule has 224 valence electrons. The van der Waals surface area contributed by atoms with Gasteiger partial charge >= 0.3 is 0 Å². The molecule has 0 aromatic heterocycles. The van der Waals surface area contributed by atoms with E-state index in [-0.39, 0.29) is 51.7 Å². The van der Waals surface area contributed by atoms with E-state index in [9.17, 15) is 9.59 Å². The molecular weight excluding hydrogens is 508 g/mol. The first kappa shape index (κ1) is 31.1. The number of hydrogen-bond donors (Lipinski definition) is 0. The lowest BCUT2D eigenvalue weighted by molar-refractivity contribution is -0.124. The highest BCUT2D eigenvalue weighted by atomic mass is 16.5. The Morgan fingerprint density at radius 2 is 1.49 bits per heavy atom. The Balaban J connectivity index is 1.57. The summed E-state index contributed by atoms with van der Waals surface area (Å²) < 4.78 is 6.03. The molecule has 0 N–H and O–H groups in total. The van der Waals surface area contributed by atoms with Crippen LogP contribution < -0.4 is 14.5 Å². The summed E-state index contributed by atoms with van der Waals surface area (Å²) in [7, 11) is 0. The van der Waals surface area contributed by atoms with Gasteiger partial charge in [-0.05, 0) is 77.2 Å². The number of amides is 2. The van der Waals surface area contributed by atoms with Gasteiger partial charge < -0.3 is 9.64 Å². The van der Waals surface area contributed by atoms with Gasteiger partial charge in [-0.1, -0.05) is 87.4 Å². The summed E-state index contributed by atoms with van der Waals surface area (Å²) in [4.78, 5) is 31.2. The number of carbonyl (C=O) groups is 2. The number of rotatable bonds is 8. The van der Waals surface area contributed by atoms with Gasteiger partial charge in [0, 0.05) is 24.2 Å². The van der Waals surface area contributed by atoms with Crippen molar-refractivity contribution in [1.29, 1.82) is 0 Å². The van der Waals surface area contributed by atoms with Crippen LogP contribution in [0.3, 0.4) is 0 Å². The molecule has 2 amide bonds. The summed E-state index contributed by atoms with van der Waals surface area (Å²) in [6.07, 6.45) is 3.45. The fourth-order valence-electron chi connectivity index (χ4n) is 6.32. The Morgan fingerprint density at radius 3 is 2.10 bits per heavy atom. The first-order valence-electron chi connectivity index (χ1n) is 15.3. The number of fused-ring (bicyclic) bond motifs is 1. The van der Waals surface area contributed by atoms with E-state index in [4.69, 9.17) is 4.74 Å². The molecule has 1 fully saturated rings. The minimum absolute atomic E-state index is 0.00298. The van der Waals surface area contributed by atoms with E-state index in [1.807, 2.05) is 36.4 Å². The Hall–Kier alpha value is -2.82. The minimum atomic E-state index is -0.326. The second kappa shape index (κ2) is 11.1. The lowest BCUT2D eigenvalue weighted by Gasteiger charge is -2.48. The van der Waals surface area contributed by atoms with Crippen LogP contribution in [0, 0.1) is 33.5 Å². The fraction of sp³-hybridized carbons (Fsp3) is 0.611. The zero-order chi connectivity index (χ0) is 30.4. The summed E-state index contributed by atoms with van der Waals surface area (Å²) in [6.45, 7) is 24.2. The number of anilines is 2. The van der Waals surface area contributed by atoms with Gasteiger partial charge in [0.1, 0.15) is 5.75 Å². The summed E-state index contributed by atoms with van der Waals surface area (Å²) in [5, 5.41) is 0. The van der Waals surface area contributed by atoms with Gasteiger partial charge in [-0.25, -0.2) is 0 Å². The second-order valence-electron chi connectivity index (χ2n) is 16.0. The third-order valence-electron chi connectivity index (χ3n) is 10.0. The monoisotopic (exact) mass is 560 g/mol. The number of hydrogen-bond acceptors (Lipinski definition) is 4. The molecule has 2 atom stereocenters. The third kappa shape index (κ3) is 6.81. The molecule has 41 heavy (non-hydrogen) atoms. The van der Waals surface area contributed by atoms with Gasteiger partial charge in [0.2, 0.25) is 11.8 Å². The van der Waals surface area contributed by atoms with Crippen LogP contribution in [0.1, 0.15) is 100 Å². The van der Waals surface area contributed by atoms with Gasteiger partial charge in [0.15, 0.2) is 6.73 Å². The number of ether oxygens (including phenoxy) is 1. The van der Waals surface area contributed by atoms with Crippen LogP contribution in [0.2, 0.25) is 0 Å². The highest BCUT2D eigenvalue weighted by Crippen LogP contribution is 2.53. The summed E-state index contributed by atoms with van der Waals surface area (Å²) in [5.41, 5.74) is 2.97. The Labute approximate surface area is 248 Å². The molecule has 0 spiro atoms. The van der Waals surface area contributed by atoms with Crippen molar-refractivity contribution in [2.45, 2.75) is 101 Å². The third-order valence-corrected chi connectivity index (χ3v) is 10.0. The van der Waals surface area contributed by atoms with E-state index in [2.05, 4.69) is 86.3 Å². The van der Waals surface area contributed by atoms with Crippen molar-refractivity contribution in [1.82, 2.24) is 0 Å². The summed E-state index contributed by atoms with van der Waals surface area (Å²) >= 11 is 0. The van der Waals surface area contributed by atoms with Crippen molar-refractivity contribution in [3.63, 3.8) is 0 Å². The Kier molecular flexibility index (Phi) is 8.44. The molecule has 1 saturated heterocycles. The molecule has 0 aliphatic carbocycles. The van der Waals surface area contributed by atoms with Crippen LogP contribution in [-0.2, 0) is 16.1 Å². The second-order valence-corrected chi connectivity index (χ2v) is 16.0. The lowest BCUT2D eigenvalue weighted by atomic mass is 9.57. The van der Waals surface area contributed by atoms with Crippen molar-refractivity contribution in [3.8, 4) is 5.75 Å². The van der Waals surface area contributed by atoms with E-state index < -0.39 is 0 Å². The molecule has 0 bridgehead atoms. The molecule has 5 heteroatoms. The van der Waals surface area contributed by atoms with Crippen molar-refractivity contribution in [2.75, 3.05) is 16.5 Å². The molecule has 2 aromatic carbocycles. The lowest BCUT2D eigenvalue weighted by Crippen LogP contribution is -2.42. The normalized spacial score (nSPS) is 19.3. The van der Waals surface area contributed by atoms with Gasteiger partial charge in [-0.3, -0.25) is 14.5 Å². The van der Waals surface area contributed by atoms with Crippen LogP contribution in [0.15, 0.2) is 48.5 Å². The first-order valence-corrected chi connectivity index (χ1v) is 15.3. The Morgan fingerprint density at radius 1 is 0.829 bits per heavy atom. The molecule has 2 aliphatic heterocycles. The Bertz CT molecular complexity index is 1250. The highest BCUT2D eigenvalue weighted by Gasteiger charge is 2.50. The zero-order valence-corrected chi connectivity index (χ0v) is 27.1. The van der Waals surface area contributed by atoms with Crippen LogP contribution in [-0.4, -0.2) is 18.5 Å². The zero-order valence-electron chi connectivity index (χ0n) is 27.1. The van der Waals surface area contributed by atoms with Crippen LogP contribution in [0.4, 0.5) is 11.4 Å². The topological polar surface area (TPSA) is 49.9 Å². The van der Waals surface area contributed by atoms with Gasteiger partial charge in [-0.2, -0.15) is 0 Å². The van der Waals surface area contributed by atoms with Crippen LogP contribution in [0.25, 0.3) is 0 Å². The van der Waals surface area contributed by atoms with E-state index >= 15 is 0 Å². The molecule has 2 aromatic rings. The fourth-order valence-corrected chi connectivity index (χ4v) is 6.32. The van der Waals surface area contributed by atoms with Crippen molar-refractivity contribution in [3.05, 3.63) is 54.1 Å². The quantitative estimate of drug-likeness (QED) is 0.303. The number of benzene rings is 2. The number of nitrogens with zero attached hydrogens (tertiary/aromatic N) is 2. The molecule has 2 heterocycles. The average molecular weight is 561 g/mol. The van der Waals surface area contributed by atoms with Gasteiger partial charge in [-0.15, -0.1) is 0 Å². The number of carbonyl (C=O) groups excluding carboxylic acids is 2. The molecule has 4 rings (SSSR count). The molecule has 2 aliphatic rings. The predicted octanol–water partition coefficient (Wildman–Crippen LogP) is 8.85. The van der Waals surface area contributed by atoms with Crippen molar-refractivity contribution in [2.24, 2.45) is 33.5 Å². The first-order chi connectivity index (χ1) is 18.9. The number of para-hydroxylation sites is 1. The molecule has 2 unspecified atom stereocenters. The van der Waals surface area contributed by atoms with E-state index in [0.29, 0.717) is 19.0 Å². The van der Waals surface area contributed by atoms with Gasteiger partial charge in [0.05, 0.1) is 11.6 Å². The van der Waals surface area contributed by atoms with E-state index in [0.717, 1.165) is 36.3 Å². The maximum absolute atomic E-state index is 14.1. The highest BCUT2D eigenvalue weighted by molar-refractivity contribution is 6.21. The molecular formula is C36H52N2O3. The standard InChI is InChI=1S/C36H52N2O3/c1-33(2,3)18-19-35(7,8)36(9,10)22-29(34(4,5)6)28-21-31(39)38(32(28)40)27-16-17-30-25(20-27)23-37(24-41-30)26-14-12-11-13-15-26/h11-17,20,28-29H,18-19,21-24H2,1-10H3. The van der Waals surface area contributed by atoms with E-state index in [1.54, 1.807) is 0 Å². The molecule has 0 saturated carbocycles. The number of imide groups is 1. The minimum Gasteiger partial charge on any atom is -0.473 e. The van der Waals surface area contributed by atoms with E-state index in [1.165, 1.54) is 4.90 Å². The SMILES string of the molecule is CC(C)(C)CCC(C)(C)C(C)(C)CC(C1CC(=O)N(c2ccc3c(c2)CN(c2ccccc2)CO3)C1=O)C(C)(C)C. The summed E-state index contributed by atoms with van der Waals surface area (Å²) in [5.74, 6) is 0.407. The average Bonchev–Trinajstić information content (AvgIpc) is 3.18. The summed E-state index contributed by atoms with van der Waals surface area (Å²) in [6, 6.07) is 15.9. The van der Waals surface area contributed by atoms with Crippen molar-refractivity contribution >= 4 is 23.2 Å². The van der Waals surface area contributed by atoms with Gasteiger partial charge in [0.25, 0.3) is 0 Å². The van der Waals surface area contributed by atoms with Crippen molar-refractivity contribution < 1.29 is 14.3 Å². The smallest absolute Gasteiger partial charge is 0.237 e. The van der Waals surface area contributed by atoms with Crippen LogP contribution >= 0.6 is 0 Å². The maximum Gasteiger partial charge on any atom is 0.237 e. The largest absolute Gasteiger partial charge is 0.473 e. The predicted molar refractivity (Wildman–Crippen MR) is 169 cm³/mol. The molecule has 0 radical (unpaired) electrons. The van der Waals surface area contributed by atoms with Crippen LogP contribution in [0.5, 0.6) is 5.75 Å².